The molecule has 3 fully saturated rings. The number of halogens is 1. The fourth-order valence-electron chi connectivity index (χ4n) is 5.63. The lowest BCUT2D eigenvalue weighted by Gasteiger charge is -2.27. The molecule has 5 nitrogen and oxygen atoms in total. The Morgan fingerprint density at radius 2 is 1.60 bits per heavy atom. The zero-order valence-electron chi connectivity index (χ0n) is 17.0. The molecular formula is C24H23ClN2O3. The molecule has 0 spiro atoms. The van der Waals surface area contributed by atoms with E-state index < -0.39 is 17.9 Å². The first-order valence-electron chi connectivity index (χ1n) is 10.4. The number of hydrogen-bond acceptors (Lipinski definition) is 4. The molecule has 2 aromatic rings. The molecule has 0 unspecified atom stereocenters. The molecule has 3 aliphatic rings. The van der Waals surface area contributed by atoms with Gasteiger partial charge in [0.05, 0.1) is 23.6 Å². The minimum atomic E-state index is -0.633. The molecule has 4 atom stereocenters. The molecule has 2 aromatic carbocycles. The van der Waals surface area contributed by atoms with Crippen molar-refractivity contribution in [2.75, 3.05) is 11.4 Å². The second kappa shape index (κ2) is 7.03. The van der Waals surface area contributed by atoms with E-state index in [9.17, 15) is 14.4 Å². The topological polar surface area (TPSA) is 57.7 Å². The summed E-state index contributed by atoms with van der Waals surface area (Å²) in [4.78, 5) is 43.9. The summed E-state index contributed by atoms with van der Waals surface area (Å²) in [5, 5.41) is 0.558. The van der Waals surface area contributed by atoms with Crippen LogP contribution in [0.15, 0.2) is 42.5 Å². The molecule has 3 saturated heterocycles. The van der Waals surface area contributed by atoms with Crippen molar-refractivity contribution in [3.05, 3.63) is 64.2 Å². The van der Waals surface area contributed by atoms with Crippen LogP contribution in [0, 0.1) is 25.7 Å². The van der Waals surface area contributed by atoms with Gasteiger partial charge in [-0.1, -0.05) is 17.7 Å². The molecule has 0 radical (unpaired) electrons. The lowest BCUT2D eigenvalue weighted by Crippen LogP contribution is -2.46. The van der Waals surface area contributed by atoms with E-state index in [-0.39, 0.29) is 23.6 Å². The second-order valence-electron chi connectivity index (χ2n) is 8.67. The Hall–Kier alpha value is -2.50. The minimum Gasteiger partial charge on any atom is -0.292 e. The first kappa shape index (κ1) is 19.5. The number of aryl methyl sites for hydroxylation is 2. The SMILES string of the molecule is Cc1cc(C)cc(N2C(=O)[C@@H]3[C@@H](C2=O)[C@@H]2CCCN2[C@@H]3C(=O)c2ccc(Cl)cc2)c1. The summed E-state index contributed by atoms with van der Waals surface area (Å²) in [7, 11) is 0. The molecule has 5 rings (SSSR count). The Kier molecular flexibility index (Phi) is 4.56. The van der Waals surface area contributed by atoms with Crippen molar-refractivity contribution in [2.24, 2.45) is 11.8 Å². The maximum Gasteiger partial charge on any atom is 0.239 e. The van der Waals surface area contributed by atoms with Crippen molar-refractivity contribution in [2.45, 2.75) is 38.8 Å². The third-order valence-corrected chi connectivity index (χ3v) is 6.97. The average molecular weight is 423 g/mol. The first-order valence-corrected chi connectivity index (χ1v) is 10.8. The number of ketones is 1. The predicted molar refractivity (Wildman–Crippen MR) is 115 cm³/mol. The van der Waals surface area contributed by atoms with Gasteiger partial charge in [-0.05, 0) is 80.8 Å². The number of benzene rings is 2. The van der Waals surface area contributed by atoms with E-state index in [1.165, 1.54) is 4.90 Å². The van der Waals surface area contributed by atoms with Crippen LogP contribution in [0.1, 0.15) is 34.3 Å². The van der Waals surface area contributed by atoms with Crippen molar-refractivity contribution in [3.8, 4) is 0 Å². The highest BCUT2D eigenvalue weighted by Crippen LogP contribution is 2.48. The number of Topliss-reactive ketones (excluding diaryl/α,β-unsaturated/α-hetero) is 1. The van der Waals surface area contributed by atoms with Gasteiger partial charge in [0, 0.05) is 16.6 Å². The van der Waals surface area contributed by atoms with E-state index in [0.717, 1.165) is 30.5 Å². The molecule has 3 aliphatic heterocycles. The molecule has 0 aromatic heterocycles. The van der Waals surface area contributed by atoms with E-state index in [0.29, 0.717) is 16.3 Å². The van der Waals surface area contributed by atoms with Crippen molar-refractivity contribution < 1.29 is 14.4 Å². The molecular weight excluding hydrogens is 400 g/mol. The number of rotatable bonds is 3. The molecule has 154 valence electrons. The van der Waals surface area contributed by atoms with Gasteiger partial charge in [0.25, 0.3) is 0 Å². The highest BCUT2D eigenvalue weighted by Gasteiger charge is 2.64. The zero-order valence-corrected chi connectivity index (χ0v) is 17.7. The number of carbonyl (C=O) groups is 3. The van der Waals surface area contributed by atoms with Crippen LogP contribution >= 0.6 is 11.6 Å². The molecule has 0 N–H and O–H groups in total. The van der Waals surface area contributed by atoms with E-state index in [1.807, 2.05) is 32.0 Å². The van der Waals surface area contributed by atoms with Gasteiger partial charge >= 0.3 is 0 Å². The summed E-state index contributed by atoms with van der Waals surface area (Å²) < 4.78 is 0. The number of fused-ring (bicyclic) bond motifs is 3. The normalized spacial score (nSPS) is 28.2. The summed E-state index contributed by atoms with van der Waals surface area (Å²) in [6.07, 6.45) is 1.77. The predicted octanol–water partition coefficient (Wildman–Crippen LogP) is 3.79. The molecule has 2 amide bonds. The number of hydrogen-bond donors (Lipinski definition) is 0. The Bertz CT molecular complexity index is 1040. The van der Waals surface area contributed by atoms with Gasteiger partial charge in [0.2, 0.25) is 11.8 Å². The van der Waals surface area contributed by atoms with Gasteiger partial charge in [-0.3, -0.25) is 19.3 Å². The molecule has 0 aliphatic carbocycles. The van der Waals surface area contributed by atoms with Gasteiger partial charge in [-0.15, -0.1) is 0 Å². The van der Waals surface area contributed by atoms with Crippen LogP contribution in [0.3, 0.4) is 0 Å². The number of anilines is 1. The van der Waals surface area contributed by atoms with E-state index in [1.54, 1.807) is 24.3 Å². The van der Waals surface area contributed by atoms with Crippen LogP contribution in [0.4, 0.5) is 5.69 Å². The summed E-state index contributed by atoms with van der Waals surface area (Å²) in [6.45, 7) is 4.65. The fourth-order valence-corrected chi connectivity index (χ4v) is 5.76. The first-order chi connectivity index (χ1) is 14.4. The lowest BCUT2D eigenvalue weighted by molar-refractivity contribution is -0.123. The van der Waals surface area contributed by atoms with E-state index in [4.69, 9.17) is 11.6 Å². The van der Waals surface area contributed by atoms with Gasteiger partial charge in [0.15, 0.2) is 5.78 Å². The van der Waals surface area contributed by atoms with Crippen LogP contribution in [0.5, 0.6) is 0 Å². The Balaban J connectivity index is 1.56. The molecule has 0 bridgehead atoms. The lowest BCUT2D eigenvalue weighted by atomic mass is 9.85. The second-order valence-corrected chi connectivity index (χ2v) is 9.11. The molecule has 3 heterocycles. The molecule has 30 heavy (non-hydrogen) atoms. The van der Waals surface area contributed by atoms with Crippen LogP contribution in [0.25, 0.3) is 0 Å². The highest BCUT2D eigenvalue weighted by molar-refractivity contribution is 6.30. The van der Waals surface area contributed by atoms with Crippen molar-refractivity contribution >= 4 is 34.9 Å². The van der Waals surface area contributed by atoms with Gasteiger partial charge < -0.3 is 0 Å². The van der Waals surface area contributed by atoms with Crippen LogP contribution < -0.4 is 4.90 Å². The fraction of sp³-hybridized carbons (Fsp3) is 0.375. The standard InChI is InChI=1S/C24H23ClN2O3/c1-13-10-14(2)12-17(11-13)27-23(29)19-18-4-3-9-26(18)21(20(19)24(27)30)22(28)15-5-7-16(25)8-6-15/h5-8,10-12,18-21H,3-4,9H2,1-2H3/t18-,19-,20+,21-/m0/s1. The number of imide groups is 1. The van der Waals surface area contributed by atoms with Crippen molar-refractivity contribution in [1.29, 1.82) is 0 Å². The van der Waals surface area contributed by atoms with Gasteiger partial charge in [-0.25, -0.2) is 4.90 Å². The minimum absolute atomic E-state index is 0.0522. The maximum absolute atomic E-state index is 13.6. The summed E-state index contributed by atoms with van der Waals surface area (Å²) in [6, 6.07) is 11.9. The van der Waals surface area contributed by atoms with Crippen LogP contribution in [-0.4, -0.2) is 41.1 Å². The summed E-state index contributed by atoms with van der Waals surface area (Å²) in [5.41, 5.74) is 3.14. The van der Waals surface area contributed by atoms with Gasteiger partial charge in [0.1, 0.15) is 0 Å². The summed E-state index contributed by atoms with van der Waals surface area (Å²) >= 11 is 5.98. The van der Waals surface area contributed by atoms with E-state index in [2.05, 4.69) is 4.90 Å². The summed E-state index contributed by atoms with van der Waals surface area (Å²) in [5.74, 6) is -1.61. The number of nitrogens with zero attached hydrogens (tertiary/aromatic N) is 2. The van der Waals surface area contributed by atoms with Crippen molar-refractivity contribution in [3.63, 3.8) is 0 Å². The number of carbonyl (C=O) groups excluding carboxylic acids is 3. The maximum atomic E-state index is 13.6. The highest BCUT2D eigenvalue weighted by atomic mass is 35.5. The monoisotopic (exact) mass is 422 g/mol. The van der Waals surface area contributed by atoms with Crippen molar-refractivity contribution in [1.82, 2.24) is 4.90 Å². The Labute approximate surface area is 180 Å². The third-order valence-electron chi connectivity index (χ3n) is 6.71. The smallest absolute Gasteiger partial charge is 0.239 e. The van der Waals surface area contributed by atoms with Crippen LogP contribution in [-0.2, 0) is 9.59 Å². The quantitative estimate of drug-likeness (QED) is 0.557. The molecule has 6 heteroatoms. The third kappa shape index (κ3) is 2.83. The largest absolute Gasteiger partial charge is 0.292 e. The Morgan fingerprint density at radius 3 is 2.27 bits per heavy atom. The van der Waals surface area contributed by atoms with Crippen LogP contribution in [0.2, 0.25) is 5.02 Å². The number of amides is 2. The van der Waals surface area contributed by atoms with Gasteiger partial charge in [-0.2, -0.15) is 0 Å². The molecule has 0 saturated carbocycles. The average Bonchev–Trinajstić information content (AvgIpc) is 3.33. The zero-order chi connectivity index (χ0) is 21.2. The Morgan fingerprint density at radius 1 is 0.967 bits per heavy atom. The van der Waals surface area contributed by atoms with E-state index >= 15 is 0 Å².